The van der Waals surface area contributed by atoms with E-state index in [1.165, 1.54) is 0 Å². The first-order valence-corrected chi connectivity index (χ1v) is 5.46. The van der Waals surface area contributed by atoms with Crippen molar-refractivity contribution >= 4 is 6.01 Å². The van der Waals surface area contributed by atoms with E-state index in [0.29, 0.717) is 17.8 Å². The lowest BCUT2D eigenvalue weighted by atomic mass is 9.87. The molecule has 84 valence electrons. The van der Waals surface area contributed by atoms with E-state index >= 15 is 0 Å². The average molecular weight is 211 g/mol. The van der Waals surface area contributed by atoms with Gasteiger partial charge in [-0.15, -0.1) is 0 Å². The van der Waals surface area contributed by atoms with Crippen molar-refractivity contribution in [3.63, 3.8) is 0 Å². The summed E-state index contributed by atoms with van der Waals surface area (Å²) in [6.07, 6.45) is 3.87. The minimum atomic E-state index is -0.0908. The van der Waals surface area contributed by atoms with Gasteiger partial charge in [-0.05, 0) is 38.5 Å². The summed E-state index contributed by atoms with van der Waals surface area (Å²) < 4.78 is 4.95. The molecule has 0 saturated heterocycles. The molecule has 5 heteroatoms. The molecule has 1 fully saturated rings. The molecular formula is C10H17N3O2. The van der Waals surface area contributed by atoms with Crippen LogP contribution in [0.25, 0.3) is 0 Å². The molecule has 0 aromatic carbocycles. The molecule has 0 radical (unpaired) electrons. The van der Waals surface area contributed by atoms with Gasteiger partial charge in [0.1, 0.15) is 0 Å². The van der Waals surface area contributed by atoms with Gasteiger partial charge in [-0.25, -0.2) is 0 Å². The Bertz CT molecular complexity index is 305. The number of nitrogens with zero attached hydrogens (tertiary/aromatic N) is 2. The summed E-state index contributed by atoms with van der Waals surface area (Å²) >= 11 is 0. The van der Waals surface area contributed by atoms with Gasteiger partial charge < -0.3 is 14.9 Å². The Labute approximate surface area is 88.9 Å². The van der Waals surface area contributed by atoms with Gasteiger partial charge in [0.15, 0.2) is 5.82 Å². The largest absolute Gasteiger partial charge is 0.393 e. The van der Waals surface area contributed by atoms with Gasteiger partial charge >= 0.3 is 6.01 Å². The third-order valence-electron chi connectivity index (χ3n) is 2.89. The summed E-state index contributed by atoms with van der Waals surface area (Å²) in [5.74, 6) is 1.26. The van der Waals surface area contributed by atoms with E-state index in [1.807, 2.05) is 0 Å². The summed E-state index contributed by atoms with van der Waals surface area (Å²) in [7, 11) is 0. The highest BCUT2D eigenvalue weighted by molar-refractivity contribution is 5.17. The topological polar surface area (TPSA) is 71.2 Å². The van der Waals surface area contributed by atoms with Crippen molar-refractivity contribution < 1.29 is 9.63 Å². The summed E-state index contributed by atoms with van der Waals surface area (Å²) in [6, 6.07) is 0.499. The van der Waals surface area contributed by atoms with E-state index in [1.54, 1.807) is 6.92 Å². The Morgan fingerprint density at radius 1 is 1.40 bits per heavy atom. The summed E-state index contributed by atoms with van der Waals surface area (Å²) in [5, 5.41) is 16.2. The smallest absolute Gasteiger partial charge is 0.321 e. The maximum absolute atomic E-state index is 9.35. The van der Waals surface area contributed by atoms with Crippen LogP contribution in [0, 0.1) is 12.8 Å². The van der Waals surface area contributed by atoms with Gasteiger partial charge in [-0.1, -0.05) is 5.16 Å². The normalized spacial score (nSPS) is 26.5. The fourth-order valence-corrected chi connectivity index (χ4v) is 1.95. The van der Waals surface area contributed by atoms with Crippen molar-refractivity contribution in [3.8, 4) is 0 Å². The summed E-state index contributed by atoms with van der Waals surface area (Å²) in [6.45, 7) is 2.65. The molecule has 1 saturated carbocycles. The standard InChI is InChI=1S/C10H17N3O2/c1-7-12-10(15-13-7)11-6-8-2-4-9(14)5-3-8/h8-9,14H,2-6H2,1H3,(H,11,12,13). The number of aliphatic hydroxyl groups is 1. The highest BCUT2D eigenvalue weighted by Gasteiger charge is 2.19. The van der Waals surface area contributed by atoms with Crippen molar-refractivity contribution in [1.82, 2.24) is 10.1 Å². The average Bonchev–Trinajstić information content (AvgIpc) is 2.64. The number of aryl methyl sites for hydroxylation is 1. The molecular weight excluding hydrogens is 194 g/mol. The van der Waals surface area contributed by atoms with Gasteiger partial charge in [0, 0.05) is 6.54 Å². The minimum Gasteiger partial charge on any atom is -0.393 e. The van der Waals surface area contributed by atoms with Crippen LogP contribution in [0.4, 0.5) is 6.01 Å². The lowest BCUT2D eigenvalue weighted by molar-refractivity contribution is 0.111. The number of anilines is 1. The van der Waals surface area contributed by atoms with Crippen molar-refractivity contribution in [2.75, 3.05) is 11.9 Å². The first-order chi connectivity index (χ1) is 7.24. The molecule has 0 spiro atoms. The van der Waals surface area contributed by atoms with Crippen LogP contribution < -0.4 is 5.32 Å². The molecule has 2 N–H and O–H groups in total. The molecule has 1 aromatic rings. The molecule has 1 aromatic heterocycles. The number of aromatic nitrogens is 2. The van der Waals surface area contributed by atoms with Crippen molar-refractivity contribution in [2.24, 2.45) is 5.92 Å². The van der Waals surface area contributed by atoms with E-state index in [2.05, 4.69) is 15.5 Å². The number of hydrogen-bond acceptors (Lipinski definition) is 5. The molecule has 0 aliphatic heterocycles. The molecule has 0 bridgehead atoms. The van der Waals surface area contributed by atoms with Crippen LogP contribution >= 0.6 is 0 Å². The van der Waals surface area contributed by atoms with Crippen LogP contribution in [-0.2, 0) is 0 Å². The Morgan fingerprint density at radius 2 is 2.13 bits per heavy atom. The Morgan fingerprint density at radius 3 is 2.73 bits per heavy atom. The highest BCUT2D eigenvalue weighted by Crippen LogP contribution is 2.24. The lowest BCUT2D eigenvalue weighted by Gasteiger charge is -2.24. The SMILES string of the molecule is Cc1noc(NCC2CCC(O)CC2)n1. The second-order valence-electron chi connectivity index (χ2n) is 4.20. The summed E-state index contributed by atoms with van der Waals surface area (Å²) in [5.41, 5.74) is 0. The highest BCUT2D eigenvalue weighted by atomic mass is 16.5. The zero-order chi connectivity index (χ0) is 10.7. The second-order valence-corrected chi connectivity index (χ2v) is 4.20. The molecule has 15 heavy (non-hydrogen) atoms. The fourth-order valence-electron chi connectivity index (χ4n) is 1.95. The minimum absolute atomic E-state index is 0.0908. The van der Waals surface area contributed by atoms with E-state index in [0.717, 1.165) is 32.2 Å². The zero-order valence-corrected chi connectivity index (χ0v) is 8.94. The lowest BCUT2D eigenvalue weighted by Crippen LogP contribution is -2.23. The van der Waals surface area contributed by atoms with Crippen LogP contribution in [0.2, 0.25) is 0 Å². The molecule has 1 aliphatic carbocycles. The van der Waals surface area contributed by atoms with Crippen LogP contribution in [0.5, 0.6) is 0 Å². The van der Waals surface area contributed by atoms with Gasteiger partial charge in [0.2, 0.25) is 0 Å². The Hall–Kier alpha value is -1.10. The van der Waals surface area contributed by atoms with Crippen LogP contribution in [0.3, 0.4) is 0 Å². The second kappa shape index (κ2) is 4.61. The molecule has 1 aliphatic rings. The van der Waals surface area contributed by atoms with Crippen LogP contribution in [0.1, 0.15) is 31.5 Å². The predicted molar refractivity (Wildman–Crippen MR) is 55.5 cm³/mol. The molecule has 0 atom stereocenters. The molecule has 2 rings (SSSR count). The fraction of sp³-hybridized carbons (Fsp3) is 0.800. The third kappa shape index (κ3) is 2.92. The number of rotatable bonds is 3. The third-order valence-corrected chi connectivity index (χ3v) is 2.89. The van der Waals surface area contributed by atoms with E-state index in [9.17, 15) is 5.11 Å². The van der Waals surface area contributed by atoms with Crippen molar-refractivity contribution in [1.29, 1.82) is 0 Å². The molecule has 5 nitrogen and oxygen atoms in total. The predicted octanol–water partition coefficient (Wildman–Crippen LogP) is 1.34. The number of aliphatic hydroxyl groups excluding tert-OH is 1. The van der Waals surface area contributed by atoms with Crippen molar-refractivity contribution in [3.05, 3.63) is 5.82 Å². The van der Waals surface area contributed by atoms with Gasteiger partial charge in [0.05, 0.1) is 6.10 Å². The Kier molecular flexibility index (Phi) is 3.20. The van der Waals surface area contributed by atoms with Gasteiger partial charge in [0.25, 0.3) is 0 Å². The van der Waals surface area contributed by atoms with Gasteiger partial charge in [-0.2, -0.15) is 4.98 Å². The summed E-state index contributed by atoms with van der Waals surface area (Å²) in [4.78, 5) is 4.07. The van der Waals surface area contributed by atoms with Crippen LogP contribution in [-0.4, -0.2) is 27.9 Å². The Balaban J connectivity index is 1.74. The van der Waals surface area contributed by atoms with Gasteiger partial charge in [-0.3, -0.25) is 0 Å². The maximum atomic E-state index is 9.35. The molecule has 0 amide bonds. The molecule has 1 heterocycles. The van der Waals surface area contributed by atoms with E-state index in [-0.39, 0.29) is 6.10 Å². The van der Waals surface area contributed by atoms with Crippen LogP contribution in [0.15, 0.2) is 4.52 Å². The quantitative estimate of drug-likeness (QED) is 0.789. The molecule has 0 unspecified atom stereocenters. The van der Waals surface area contributed by atoms with E-state index in [4.69, 9.17) is 4.52 Å². The number of hydrogen-bond donors (Lipinski definition) is 2. The van der Waals surface area contributed by atoms with Crippen molar-refractivity contribution in [2.45, 2.75) is 38.7 Å². The number of nitrogens with one attached hydrogen (secondary N) is 1. The first kappa shape index (κ1) is 10.4. The zero-order valence-electron chi connectivity index (χ0n) is 8.94. The first-order valence-electron chi connectivity index (χ1n) is 5.46. The monoisotopic (exact) mass is 211 g/mol. The van der Waals surface area contributed by atoms with E-state index < -0.39 is 0 Å². The maximum Gasteiger partial charge on any atom is 0.321 e.